The van der Waals surface area contributed by atoms with Crippen LogP contribution in [0.5, 0.6) is 0 Å². The van der Waals surface area contributed by atoms with E-state index in [1.54, 1.807) is 0 Å². The molecule has 0 heterocycles. The summed E-state index contributed by atoms with van der Waals surface area (Å²) in [7, 11) is 0. The Morgan fingerprint density at radius 3 is 2.19 bits per heavy atom. The number of benzene rings is 3. The maximum Gasteiger partial charge on any atom is 0.407 e. The Kier molecular flexibility index (Phi) is 6.07. The molecule has 0 aliphatic heterocycles. The Bertz CT molecular complexity index is 1100. The van der Waals surface area contributed by atoms with Gasteiger partial charge in [0.25, 0.3) is 0 Å². The lowest BCUT2D eigenvalue weighted by Gasteiger charge is -2.14. The van der Waals surface area contributed by atoms with Gasteiger partial charge in [0, 0.05) is 18.0 Å². The quantitative estimate of drug-likeness (QED) is 0.387. The Hall–Kier alpha value is -3.54. The molecule has 0 spiro atoms. The third-order valence-electron chi connectivity index (χ3n) is 5.29. The minimum atomic E-state index is -1.24. The van der Waals surface area contributed by atoms with E-state index in [1.165, 1.54) is 6.08 Å². The molecule has 3 nitrogen and oxygen atoms in total. The van der Waals surface area contributed by atoms with Crippen LogP contribution in [0, 0.1) is 17.5 Å². The number of nitrogens with one attached hydrogen (secondary N) is 1. The van der Waals surface area contributed by atoms with Crippen molar-refractivity contribution >= 4 is 12.2 Å². The molecule has 1 N–H and O–H groups in total. The van der Waals surface area contributed by atoms with Gasteiger partial charge in [0.2, 0.25) is 0 Å². The summed E-state index contributed by atoms with van der Waals surface area (Å²) in [6.45, 7) is 0.418. The van der Waals surface area contributed by atoms with Gasteiger partial charge < -0.3 is 10.1 Å². The Morgan fingerprint density at radius 2 is 1.52 bits per heavy atom. The highest BCUT2D eigenvalue weighted by Crippen LogP contribution is 2.44. The highest BCUT2D eigenvalue weighted by atomic mass is 19.2. The van der Waals surface area contributed by atoms with E-state index in [1.807, 2.05) is 36.4 Å². The molecule has 1 amide bonds. The summed E-state index contributed by atoms with van der Waals surface area (Å²) in [6, 6.07) is 17.7. The molecular weight excluding hydrogens is 403 g/mol. The van der Waals surface area contributed by atoms with Crippen molar-refractivity contribution in [1.29, 1.82) is 0 Å². The largest absolute Gasteiger partial charge is 0.449 e. The number of hydrogen-bond donors (Lipinski definition) is 1. The van der Waals surface area contributed by atoms with Crippen LogP contribution in [-0.4, -0.2) is 19.2 Å². The smallest absolute Gasteiger partial charge is 0.407 e. The van der Waals surface area contributed by atoms with E-state index in [0.29, 0.717) is 6.42 Å². The topological polar surface area (TPSA) is 38.3 Å². The fourth-order valence-electron chi connectivity index (χ4n) is 3.80. The maximum atomic E-state index is 13.6. The van der Waals surface area contributed by atoms with Crippen LogP contribution < -0.4 is 5.32 Å². The van der Waals surface area contributed by atoms with Crippen molar-refractivity contribution in [2.24, 2.45) is 0 Å². The van der Waals surface area contributed by atoms with Gasteiger partial charge in [0.05, 0.1) is 0 Å². The van der Waals surface area contributed by atoms with Crippen LogP contribution in [0.1, 0.15) is 29.0 Å². The first kappa shape index (κ1) is 20.7. The summed E-state index contributed by atoms with van der Waals surface area (Å²) in [5.41, 5.74) is 4.10. The standard InChI is InChI=1S/C25H20F3NO2/c26-22-12-13-23(27)24(28)20(22)11-5-6-14-29-25(30)31-15-21-18-9-3-1-7-16(18)17-8-2-4-10-19(17)21/h1-5,7-13,21H,6,14-15H2,(H,29,30). The lowest BCUT2D eigenvalue weighted by atomic mass is 9.98. The van der Waals surface area contributed by atoms with Gasteiger partial charge in [-0.2, -0.15) is 0 Å². The number of rotatable bonds is 6. The number of carbonyl (C=O) groups is 1. The molecule has 31 heavy (non-hydrogen) atoms. The molecule has 0 saturated carbocycles. The number of halogens is 3. The van der Waals surface area contributed by atoms with Gasteiger partial charge in [0.1, 0.15) is 12.4 Å². The predicted octanol–water partition coefficient (Wildman–Crippen LogP) is 6.05. The second-order valence-electron chi connectivity index (χ2n) is 7.20. The van der Waals surface area contributed by atoms with Crippen molar-refractivity contribution in [2.75, 3.05) is 13.2 Å². The van der Waals surface area contributed by atoms with Crippen LogP contribution in [0.4, 0.5) is 18.0 Å². The van der Waals surface area contributed by atoms with Gasteiger partial charge in [-0.3, -0.25) is 0 Å². The first-order valence-electron chi connectivity index (χ1n) is 9.95. The Balaban J connectivity index is 1.29. The van der Waals surface area contributed by atoms with Gasteiger partial charge in [-0.25, -0.2) is 18.0 Å². The predicted molar refractivity (Wildman–Crippen MR) is 113 cm³/mol. The minimum absolute atomic E-state index is 0.0306. The summed E-state index contributed by atoms with van der Waals surface area (Å²) in [6.07, 6.45) is 2.36. The molecule has 0 bridgehead atoms. The van der Waals surface area contributed by atoms with E-state index < -0.39 is 29.1 Å². The summed E-state index contributed by atoms with van der Waals surface area (Å²) in [5.74, 6) is -3.23. The molecule has 0 radical (unpaired) electrons. The second kappa shape index (κ2) is 9.08. The summed E-state index contributed by atoms with van der Waals surface area (Å²) in [4.78, 5) is 12.1. The van der Waals surface area contributed by atoms with E-state index in [2.05, 4.69) is 17.4 Å². The van der Waals surface area contributed by atoms with E-state index in [4.69, 9.17) is 4.74 Å². The van der Waals surface area contributed by atoms with Crippen molar-refractivity contribution in [3.05, 3.63) is 101 Å². The number of hydrogen-bond acceptors (Lipinski definition) is 2. The number of carbonyl (C=O) groups excluding carboxylic acids is 1. The zero-order chi connectivity index (χ0) is 21.8. The van der Waals surface area contributed by atoms with Crippen molar-refractivity contribution < 1.29 is 22.7 Å². The van der Waals surface area contributed by atoms with Crippen molar-refractivity contribution in [2.45, 2.75) is 12.3 Å². The van der Waals surface area contributed by atoms with Crippen molar-refractivity contribution in [3.63, 3.8) is 0 Å². The number of ether oxygens (including phenoxy) is 1. The van der Waals surface area contributed by atoms with Gasteiger partial charge in [0.15, 0.2) is 11.6 Å². The van der Waals surface area contributed by atoms with Crippen LogP contribution in [0.2, 0.25) is 0 Å². The zero-order valence-corrected chi connectivity index (χ0v) is 16.6. The molecule has 4 rings (SSSR count). The van der Waals surface area contributed by atoms with Crippen LogP contribution in [0.15, 0.2) is 66.7 Å². The molecule has 3 aromatic carbocycles. The number of alkyl carbamates (subject to hydrolysis) is 1. The summed E-state index contributed by atoms with van der Waals surface area (Å²) < 4.78 is 45.8. The summed E-state index contributed by atoms with van der Waals surface area (Å²) >= 11 is 0. The van der Waals surface area contributed by atoms with Gasteiger partial charge >= 0.3 is 6.09 Å². The lowest BCUT2D eigenvalue weighted by molar-refractivity contribution is 0.143. The van der Waals surface area contributed by atoms with E-state index in [9.17, 15) is 18.0 Å². The van der Waals surface area contributed by atoms with Gasteiger partial charge in [-0.1, -0.05) is 60.7 Å². The minimum Gasteiger partial charge on any atom is -0.449 e. The molecule has 0 aromatic heterocycles. The fourth-order valence-corrected chi connectivity index (χ4v) is 3.80. The van der Waals surface area contributed by atoms with Crippen LogP contribution in [0.25, 0.3) is 17.2 Å². The lowest BCUT2D eigenvalue weighted by Crippen LogP contribution is -2.26. The molecule has 1 aliphatic rings. The third-order valence-corrected chi connectivity index (χ3v) is 5.29. The summed E-state index contributed by atoms with van der Waals surface area (Å²) in [5, 5.41) is 2.61. The average Bonchev–Trinajstić information content (AvgIpc) is 3.10. The molecule has 0 fully saturated rings. The Labute approximate surface area is 178 Å². The molecule has 0 atom stereocenters. The van der Waals surface area contributed by atoms with Crippen LogP contribution >= 0.6 is 0 Å². The average molecular weight is 423 g/mol. The normalized spacial score (nSPS) is 12.6. The Morgan fingerprint density at radius 1 is 0.903 bits per heavy atom. The molecule has 3 aromatic rings. The van der Waals surface area contributed by atoms with E-state index in [-0.39, 0.29) is 19.1 Å². The first-order chi connectivity index (χ1) is 15.1. The van der Waals surface area contributed by atoms with Crippen LogP contribution in [-0.2, 0) is 4.74 Å². The number of fused-ring (bicyclic) bond motifs is 3. The molecule has 0 unspecified atom stereocenters. The van der Waals surface area contributed by atoms with E-state index >= 15 is 0 Å². The SMILES string of the molecule is O=C(NCCC=Cc1c(F)ccc(F)c1F)OCC1c2ccccc2-c2ccccc21. The van der Waals surface area contributed by atoms with Gasteiger partial charge in [-0.05, 0) is 40.8 Å². The molecule has 0 saturated heterocycles. The molecular formula is C25H20F3NO2. The maximum absolute atomic E-state index is 13.6. The van der Waals surface area contributed by atoms with Crippen molar-refractivity contribution in [3.8, 4) is 11.1 Å². The highest BCUT2D eigenvalue weighted by molar-refractivity contribution is 5.79. The highest BCUT2D eigenvalue weighted by Gasteiger charge is 2.28. The van der Waals surface area contributed by atoms with E-state index in [0.717, 1.165) is 40.5 Å². The molecule has 158 valence electrons. The second-order valence-corrected chi connectivity index (χ2v) is 7.20. The molecule has 1 aliphatic carbocycles. The number of amides is 1. The first-order valence-corrected chi connectivity index (χ1v) is 9.95. The van der Waals surface area contributed by atoms with Crippen molar-refractivity contribution in [1.82, 2.24) is 5.32 Å². The molecule has 6 heteroatoms. The fraction of sp³-hybridized carbons (Fsp3) is 0.160. The third kappa shape index (κ3) is 4.33. The monoisotopic (exact) mass is 423 g/mol. The van der Waals surface area contributed by atoms with Crippen LogP contribution in [0.3, 0.4) is 0 Å². The van der Waals surface area contributed by atoms with Gasteiger partial charge in [-0.15, -0.1) is 0 Å². The zero-order valence-electron chi connectivity index (χ0n) is 16.6.